The molecule has 0 unspecified atom stereocenters. The molecule has 0 bridgehead atoms. The van der Waals surface area contributed by atoms with Crippen molar-refractivity contribution in [1.29, 1.82) is 0 Å². The predicted molar refractivity (Wildman–Crippen MR) is 199 cm³/mol. The lowest BCUT2D eigenvalue weighted by Crippen LogP contribution is -2.51. The maximum atomic E-state index is 13.6. The van der Waals surface area contributed by atoms with Crippen LogP contribution in [0.5, 0.6) is 0 Å². The average molecular weight is 754 g/mol. The second-order valence-corrected chi connectivity index (χ2v) is 13.3. The molecule has 0 radical (unpaired) electrons. The predicted octanol–water partition coefficient (Wildman–Crippen LogP) is 1.75. The number of nitrogens with one attached hydrogen (secondary N) is 5. The molecule has 54 heavy (non-hydrogen) atoms. The Balaban J connectivity index is 2.15. The van der Waals surface area contributed by atoms with Crippen molar-refractivity contribution in [2.24, 2.45) is 29.2 Å². The number of carbonyl (C=O) groups is 8. The van der Waals surface area contributed by atoms with Crippen molar-refractivity contribution in [3.8, 4) is 0 Å². The van der Waals surface area contributed by atoms with E-state index in [0.29, 0.717) is 16.9 Å². The van der Waals surface area contributed by atoms with Gasteiger partial charge in [0.25, 0.3) is 0 Å². The van der Waals surface area contributed by atoms with Crippen LogP contribution in [0.15, 0.2) is 48.5 Å². The van der Waals surface area contributed by atoms with Gasteiger partial charge in [0, 0.05) is 49.5 Å². The van der Waals surface area contributed by atoms with Gasteiger partial charge in [0.05, 0.1) is 18.6 Å². The number of hydrogen-bond donors (Lipinski definition) is 9. The second-order valence-electron chi connectivity index (χ2n) is 13.3. The van der Waals surface area contributed by atoms with E-state index in [4.69, 9.17) is 11.5 Å². The minimum Gasteiger partial charge on any atom is -0.481 e. The van der Waals surface area contributed by atoms with Crippen LogP contribution in [-0.2, 0) is 35.2 Å². The number of Topliss-reactive ketones (excluding diaryl/α,β-unsaturated/α-hetero) is 2. The number of benzene rings is 2. The van der Waals surface area contributed by atoms with Crippen LogP contribution in [0.4, 0.5) is 21.0 Å². The standard InChI is InChI=1S/C37H51N7O10/c1-21(2)32(33(38)50)44-35(52)25(20-45)19-30(47)29(14-15-31(48)49)42-34(51)24(8-6-16-40-36(39)53)18-27(46)17-23-10-12-26(13-11-23)41-37(54)43-28-9-5-4-7-22(28)3/h4-5,7,9-13,21,24-25,29,32,45H,6,8,14-20H2,1-3H3,(H2,38,50)(H,42,51)(H,44,52)(H,48,49)(H3,39,40,53)(H2,41,43,54)/t24-,25+,29+,32+/m1/s1. The van der Waals surface area contributed by atoms with E-state index in [0.717, 1.165) is 5.56 Å². The SMILES string of the molecule is Cc1ccccc1NC(=O)Nc1ccc(CC(=O)C[C@@H](CCCNC(N)=O)C(=O)N[C@@H](CCC(=O)O)C(=O)C[C@@H](CO)C(=O)N[C@H](C(N)=O)C(C)C)cc1. The zero-order valence-corrected chi connectivity index (χ0v) is 30.7. The summed E-state index contributed by atoms with van der Waals surface area (Å²) < 4.78 is 0. The molecule has 294 valence electrons. The van der Waals surface area contributed by atoms with E-state index in [9.17, 15) is 48.6 Å². The Labute approximate surface area is 313 Å². The normalized spacial score (nSPS) is 13.1. The van der Waals surface area contributed by atoms with E-state index < -0.39 is 84.9 Å². The Morgan fingerprint density at radius 2 is 1.44 bits per heavy atom. The molecular weight excluding hydrogens is 702 g/mol. The fourth-order valence-corrected chi connectivity index (χ4v) is 5.50. The maximum Gasteiger partial charge on any atom is 0.323 e. The van der Waals surface area contributed by atoms with Crippen molar-refractivity contribution in [3.05, 3.63) is 59.7 Å². The number of ketones is 2. The molecule has 0 heterocycles. The molecule has 0 fully saturated rings. The van der Waals surface area contributed by atoms with Crippen molar-refractivity contribution in [2.75, 3.05) is 23.8 Å². The third-order valence-electron chi connectivity index (χ3n) is 8.54. The first kappa shape index (κ1) is 44.3. The number of anilines is 2. The van der Waals surface area contributed by atoms with Gasteiger partial charge in [-0.1, -0.05) is 44.2 Å². The second kappa shape index (κ2) is 22.3. The number of hydrogen-bond acceptors (Lipinski definition) is 9. The molecular formula is C37H51N7O10. The van der Waals surface area contributed by atoms with Gasteiger partial charge in [-0.3, -0.25) is 28.8 Å². The van der Waals surface area contributed by atoms with E-state index in [-0.39, 0.29) is 50.4 Å². The summed E-state index contributed by atoms with van der Waals surface area (Å²) >= 11 is 0. The fourth-order valence-electron chi connectivity index (χ4n) is 5.50. The summed E-state index contributed by atoms with van der Waals surface area (Å²) in [4.78, 5) is 99.9. The molecule has 0 aliphatic heterocycles. The van der Waals surface area contributed by atoms with Crippen molar-refractivity contribution >= 4 is 58.7 Å². The number of para-hydroxylation sites is 1. The summed E-state index contributed by atoms with van der Waals surface area (Å²) in [6.45, 7) is 4.45. The molecule has 0 spiro atoms. The van der Waals surface area contributed by atoms with Crippen molar-refractivity contribution in [1.82, 2.24) is 16.0 Å². The molecule has 0 aliphatic rings. The first-order chi connectivity index (χ1) is 25.5. The topological polar surface area (TPSA) is 289 Å². The minimum atomic E-state index is -1.39. The highest BCUT2D eigenvalue weighted by atomic mass is 16.4. The summed E-state index contributed by atoms with van der Waals surface area (Å²) in [6.07, 6.45) is -1.49. The fraction of sp³-hybridized carbons (Fsp3) is 0.459. The number of nitrogens with two attached hydrogens (primary N) is 2. The van der Waals surface area contributed by atoms with Gasteiger partial charge < -0.3 is 48.3 Å². The highest BCUT2D eigenvalue weighted by molar-refractivity contribution is 6.00. The molecule has 11 N–H and O–H groups in total. The molecule has 7 amide bonds. The van der Waals surface area contributed by atoms with E-state index in [1.54, 1.807) is 50.2 Å². The average Bonchev–Trinajstić information content (AvgIpc) is 3.10. The van der Waals surface area contributed by atoms with Gasteiger partial charge in [-0.2, -0.15) is 0 Å². The molecule has 4 atom stereocenters. The van der Waals surface area contributed by atoms with Gasteiger partial charge in [-0.05, 0) is 61.4 Å². The molecule has 2 aromatic carbocycles. The number of aryl methyl sites for hydroxylation is 1. The number of carboxylic acids is 1. The van der Waals surface area contributed by atoms with E-state index in [1.165, 1.54) is 0 Å². The van der Waals surface area contributed by atoms with E-state index in [2.05, 4.69) is 26.6 Å². The lowest BCUT2D eigenvalue weighted by molar-refractivity contribution is -0.139. The number of aliphatic hydroxyl groups is 1. The Hall–Kier alpha value is -5.84. The van der Waals surface area contributed by atoms with Crippen LogP contribution >= 0.6 is 0 Å². The number of aliphatic carboxylic acids is 1. The molecule has 2 aromatic rings. The van der Waals surface area contributed by atoms with E-state index >= 15 is 0 Å². The number of rotatable bonds is 23. The third kappa shape index (κ3) is 15.8. The number of urea groups is 2. The Morgan fingerprint density at radius 1 is 0.796 bits per heavy atom. The summed E-state index contributed by atoms with van der Waals surface area (Å²) in [5, 5.41) is 32.0. The quantitative estimate of drug-likeness (QED) is 0.0741. The molecule has 0 aromatic heterocycles. The monoisotopic (exact) mass is 753 g/mol. The Bertz CT molecular complexity index is 1650. The van der Waals surface area contributed by atoms with Gasteiger partial charge in [-0.25, -0.2) is 9.59 Å². The van der Waals surface area contributed by atoms with Gasteiger partial charge in [0.2, 0.25) is 17.7 Å². The third-order valence-corrected chi connectivity index (χ3v) is 8.54. The largest absolute Gasteiger partial charge is 0.481 e. The minimum absolute atomic E-state index is 0.0731. The van der Waals surface area contributed by atoms with Crippen LogP contribution in [0.2, 0.25) is 0 Å². The lowest BCUT2D eigenvalue weighted by atomic mass is 9.91. The Morgan fingerprint density at radius 3 is 2.02 bits per heavy atom. The highest BCUT2D eigenvalue weighted by Crippen LogP contribution is 2.19. The number of carboxylic acid groups (broad SMARTS) is 1. The number of primary amides is 2. The highest BCUT2D eigenvalue weighted by Gasteiger charge is 2.32. The maximum absolute atomic E-state index is 13.6. The summed E-state index contributed by atoms with van der Waals surface area (Å²) in [6, 6.07) is 10.1. The van der Waals surface area contributed by atoms with Crippen molar-refractivity contribution in [3.63, 3.8) is 0 Å². The van der Waals surface area contributed by atoms with Crippen LogP contribution in [0.1, 0.15) is 63.5 Å². The van der Waals surface area contributed by atoms with Gasteiger partial charge in [0.1, 0.15) is 11.8 Å². The first-order valence-electron chi connectivity index (χ1n) is 17.5. The van der Waals surface area contributed by atoms with Gasteiger partial charge in [-0.15, -0.1) is 0 Å². The number of carbonyl (C=O) groups excluding carboxylic acids is 7. The van der Waals surface area contributed by atoms with Crippen LogP contribution in [0, 0.1) is 24.7 Å². The van der Waals surface area contributed by atoms with Crippen molar-refractivity contribution in [2.45, 2.75) is 77.8 Å². The zero-order chi connectivity index (χ0) is 40.4. The van der Waals surface area contributed by atoms with Crippen LogP contribution < -0.4 is 38.1 Å². The van der Waals surface area contributed by atoms with Crippen LogP contribution in [0.3, 0.4) is 0 Å². The molecule has 0 saturated carbocycles. The smallest absolute Gasteiger partial charge is 0.323 e. The first-order valence-corrected chi connectivity index (χ1v) is 17.5. The zero-order valence-electron chi connectivity index (χ0n) is 30.7. The molecule has 17 heteroatoms. The molecule has 0 saturated heterocycles. The summed E-state index contributed by atoms with van der Waals surface area (Å²) in [5.74, 6) is -7.43. The van der Waals surface area contributed by atoms with Gasteiger partial charge >= 0.3 is 18.0 Å². The van der Waals surface area contributed by atoms with Crippen LogP contribution in [0.25, 0.3) is 0 Å². The lowest BCUT2D eigenvalue weighted by Gasteiger charge is -2.24. The summed E-state index contributed by atoms with van der Waals surface area (Å²) in [5.41, 5.74) is 13.1. The molecule has 17 nitrogen and oxygen atoms in total. The van der Waals surface area contributed by atoms with Gasteiger partial charge in [0.15, 0.2) is 5.78 Å². The summed E-state index contributed by atoms with van der Waals surface area (Å²) in [7, 11) is 0. The van der Waals surface area contributed by atoms with E-state index in [1.807, 2.05) is 19.1 Å². The molecule has 0 aliphatic carbocycles. The number of amides is 7. The number of aliphatic hydroxyl groups excluding tert-OH is 1. The molecule has 2 rings (SSSR count). The van der Waals surface area contributed by atoms with Crippen LogP contribution in [-0.4, -0.2) is 82.8 Å². The Kier molecular flexibility index (Phi) is 18.3. The van der Waals surface area contributed by atoms with Crippen molar-refractivity contribution < 1.29 is 48.6 Å².